The van der Waals surface area contributed by atoms with Gasteiger partial charge in [0.2, 0.25) is 0 Å². The van der Waals surface area contributed by atoms with Crippen LogP contribution in [0.4, 0.5) is 0 Å². The molecule has 0 aromatic carbocycles. The minimum Gasteiger partial charge on any atom is -0.481 e. The van der Waals surface area contributed by atoms with E-state index in [9.17, 15) is 5.11 Å². The van der Waals surface area contributed by atoms with Gasteiger partial charge in [-0.05, 0) is 26.0 Å². The van der Waals surface area contributed by atoms with Gasteiger partial charge in [-0.15, -0.1) is 0 Å². The van der Waals surface area contributed by atoms with E-state index >= 15 is 0 Å². The molecule has 0 unspecified atom stereocenters. The maximum Gasteiger partial charge on any atom is 0.278 e. The zero-order chi connectivity index (χ0) is 8.97. The van der Waals surface area contributed by atoms with Crippen molar-refractivity contribution >= 4 is 6.08 Å². The Morgan fingerprint density at radius 2 is 2.42 bits per heavy atom. The molecule has 0 aliphatic carbocycles. The number of aliphatic hydroxyl groups excluding tert-OH is 1. The van der Waals surface area contributed by atoms with Crippen molar-refractivity contribution in [1.29, 1.82) is 0 Å². The van der Waals surface area contributed by atoms with Crippen LogP contribution in [0.2, 0.25) is 0 Å². The predicted molar refractivity (Wildman–Crippen MR) is 47.6 cm³/mol. The maximum absolute atomic E-state index is 9.21. The van der Waals surface area contributed by atoms with Crippen LogP contribution in [0, 0.1) is 0 Å². The third-order valence-electron chi connectivity index (χ3n) is 1.26. The molecule has 0 saturated heterocycles. The van der Waals surface area contributed by atoms with Crippen LogP contribution in [0.25, 0.3) is 6.08 Å². The Morgan fingerprint density at radius 1 is 1.67 bits per heavy atom. The molecular formula is C9H13NO2. The summed E-state index contributed by atoms with van der Waals surface area (Å²) in [5.74, 6) is -0.0625. The van der Waals surface area contributed by atoms with Crippen molar-refractivity contribution in [2.24, 2.45) is 0 Å². The van der Waals surface area contributed by atoms with Crippen LogP contribution in [0.3, 0.4) is 0 Å². The highest BCUT2D eigenvalue weighted by atomic mass is 16.6. The summed E-state index contributed by atoms with van der Waals surface area (Å²) in [5, 5.41) is 9.21. The zero-order valence-corrected chi connectivity index (χ0v) is 7.24. The van der Waals surface area contributed by atoms with E-state index in [-0.39, 0.29) is 12.0 Å². The topological polar surface area (TPSA) is 45.2 Å². The van der Waals surface area contributed by atoms with Gasteiger partial charge < -0.3 is 14.8 Å². The summed E-state index contributed by atoms with van der Waals surface area (Å²) in [7, 11) is 0. The number of aromatic amines is 1. The van der Waals surface area contributed by atoms with E-state index in [2.05, 4.69) is 4.98 Å². The van der Waals surface area contributed by atoms with Crippen molar-refractivity contribution in [2.75, 3.05) is 0 Å². The lowest BCUT2D eigenvalue weighted by atomic mass is 10.4. The average Bonchev–Trinajstić information content (AvgIpc) is 2.37. The third kappa shape index (κ3) is 2.70. The monoisotopic (exact) mass is 167 g/mol. The van der Waals surface area contributed by atoms with Gasteiger partial charge in [-0.3, -0.25) is 0 Å². The van der Waals surface area contributed by atoms with Gasteiger partial charge in [0.1, 0.15) is 0 Å². The van der Waals surface area contributed by atoms with Crippen LogP contribution in [-0.2, 0) is 4.74 Å². The first-order valence-electron chi connectivity index (χ1n) is 3.89. The zero-order valence-electron chi connectivity index (χ0n) is 7.24. The second-order valence-corrected chi connectivity index (χ2v) is 2.77. The second-order valence-electron chi connectivity index (χ2n) is 2.77. The van der Waals surface area contributed by atoms with Gasteiger partial charge in [-0.1, -0.05) is 0 Å². The first kappa shape index (κ1) is 8.71. The Bertz CT molecular complexity index is 250. The number of ether oxygens (including phenoxy) is 1. The largest absolute Gasteiger partial charge is 0.481 e. The van der Waals surface area contributed by atoms with E-state index in [1.807, 2.05) is 26.0 Å². The minimum atomic E-state index is -0.0625. The summed E-state index contributed by atoms with van der Waals surface area (Å²) in [5.41, 5.74) is 0.827. The maximum atomic E-state index is 9.21. The van der Waals surface area contributed by atoms with Gasteiger partial charge in [0.05, 0.1) is 6.10 Å². The Kier molecular flexibility index (Phi) is 2.80. The molecule has 0 fully saturated rings. The standard InChI is InChI=1S/C9H13NO2/c1-7(2)12-9(11)6-8-4-3-5-10-8/h3-7,10-11H,1-2H3. The SMILES string of the molecule is CC(C)OC(O)=Cc1ccc[nH]1. The lowest BCUT2D eigenvalue weighted by Gasteiger charge is -2.06. The van der Waals surface area contributed by atoms with Gasteiger partial charge >= 0.3 is 0 Å². The fraction of sp³-hybridized carbons (Fsp3) is 0.333. The van der Waals surface area contributed by atoms with Crippen LogP contribution in [0.1, 0.15) is 19.5 Å². The summed E-state index contributed by atoms with van der Waals surface area (Å²) in [6.07, 6.45) is 3.32. The number of aliphatic hydroxyl groups is 1. The van der Waals surface area contributed by atoms with E-state index in [1.54, 1.807) is 12.3 Å². The van der Waals surface area contributed by atoms with E-state index < -0.39 is 0 Å². The molecule has 0 spiro atoms. The van der Waals surface area contributed by atoms with Crippen LogP contribution in [-0.4, -0.2) is 16.2 Å². The summed E-state index contributed by atoms with van der Waals surface area (Å²) >= 11 is 0. The van der Waals surface area contributed by atoms with Crippen LogP contribution >= 0.6 is 0 Å². The predicted octanol–water partition coefficient (Wildman–Crippen LogP) is 2.30. The summed E-state index contributed by atoms with van der Waals surface area (Å²) in [6.45, 7) is 3.72. The molecule has 0 amide bonds. The molecular weight excluding hydrogens is 154 g/mol. The highest BCUT2D eigenvalue weighted by molar-refractivity contribution is 5.44. The fourth-order valence-corrected chi connectivity index (χ4v) is 0.843. The molecule has 1 rings (SSSR count). The fourth-order valence-electron chi connectivity index (χ4n) is 0.843. The van der Waals surface area contributed by atoms with Crippen molar-refractivity contribution < 1.29 is 9.84 Å². The van der Waals surface area contributed by atoms with E-state index in [1.165, 1.54) is 0 Å². The first-order valence-corrected chi connectivity index (χ1v) is 3.89. The van der Waals surface area contributed by atoms with E-state index in [0.717, 1.165) is 5.69 Å². The number of H-pyrrole nitrogens is 1. The van der Waals surface area contributed by atoms with Crippen molar-refractivity contribution in [3.05, 3.63) is 30.0 Å². The first-order chi connectivity index (χ1) is 5.68. The molecule has 1 aromatic heterocycles. The van der Waals surface area contributed by atoms with Gasteiger partial charge in [0.25, 0.3) is 5.95 Å². The van der Waals surface area contributed by atoms with Gasteiger partial charge in [0.15, 0.2) is 0 Å². The van der Waals surface area contributed by atoms with Crippen molar-refractivity contribution in [2.45, 2.75) is 20.0 Å². The molecule has 0 bridgehead atoms. The average molecular weight is 167 g/mol. The van der Waals surface area contributed by atoms with Crippen LogP contribution < -0.4 is 0 Å². The Balaban J connectivity index is 2.57. The Hall–Kier alpha value is -1.38. The molecule has 0 radical (unpaired) electrons. The quantitative estimate of drug-likeness (QED) is 0.678. The third-order valence-corrected chi connectivity index (χ3v) is 1.26. The molecule has 3 nitrogen and oxygen atoms in total. The number of nitrogens with one attached hydrogen (secondary N) is 1. The second kappa shape index (κ2) is 3.85. The van der Waals surface area contributed by atoms with Gasteiger partial charge in [-0.2, -0.15) is 0 Å². The summed E-state index contributed by atoms with van der Waals surface area (Å²) in [4.78, 5) is 2.92. The summed E-state index contributed by atoms with van der Waals surface area (Å²) in [6, 6.07) is 3.70. The lowest BCUT2D eigenvalue weighted by molar-refractivity contribution is 0.0559. The Morgan fingerprint density at radius 3 is 2.92 bits per heavy atom. The van der Waals surface area contributed by atoms with Crippen LogP contribution in [0.15, 0.2) is 24.3 Å². The highest BCUT2D eigenvalue weighted by Gasteiger charge is 1.97. The van der Waals surface area contributed by atoms with E-state index in [4.69, 9.17) is 4.74 Å². The molecule has 66 valence electrons. The van der Waals surface area contributed by atoms with Gasteiger partial charge in [0, 0.05) is 18.0 Å². The normalized spacial score (nSPS) is 12.1. The smallest absolute Gasteiger partial charge is 0.278 e. The molecule has 1 aromatic rings. The molecule has 0 aliphatic heterocycles. The molecule has 2 N–H and O–H groups in total. The molecule has 0 saturated carbocycles. The number of rotatable bonds is 3. The minimum absolute atomic E-state index is 0.00351. The number of aromatic nitrogens is 1. The van der Waals surface area contributed by atoms with Gasteiger partial charge in [-0.25, -0.2) is 0 Å². The van der Waals surface area contributed by atoms with Crippen molar-refractivity contribution in [3.63, 3.8) is 0 Å². The van der Waals surface area contributed by atoms with Crippen LogP contribution in [0.5, 0.6) is 0 Å². The van der Waals surface area contributed by atoms with Crippen molar-refractivity contribution in [3.8, 4) is 0 Å². The van der Waals surface area contributed by atoms with E-state index in [0.29, 0.717) is 0 Å². The molecule has 1 heterocycles. The molecule has 3 heteroatoms. The Labute approximate surface area is 71.7 Å². The molecule has 12 heavy (non-hydrogen) atoms. The summed E-state index contributed by atoms with van der Waals surface area (Å²) < 4.78 is 5.02. The molecule has 0 aliphatic rings. The van der Waals surface area contributed by atoms with Crippen molar-refractivity contribution in [1.82, 2.24) is 4.98 Å². The lowest BCUT2D eigenvalue weighted by Crippen LogP contribution is -2.01. The highest BCUT2D eigenvalue weighted by Crippen LogP contribution is 2.04. The number of hydrogen-bond donors (Lipinski definition) is 2. The molecule has 0 atom stereocenters. The number of hydrogen-bond acceptors (Lipinski definition) is 2.